The Kier molecular flexibility index (Phi) is 4.44. The third-order valence-electron chi connectivity index (χ3n) is 3.05. The van der Waals surface area contributed by atoms with Crippen molar-refractivity contribution >= 4 is 15.9 Å². The van der Waals surface area contributed by atoms with Crippen molar-refractivity contribution < 1.29 is 4.42 Å². The topological polar surface area (TPSA) is 51.2 Å². The second kappa shape index (κ2) is 5.84. The molecule has 0 saturated heterocycles. The molecule has 0 aromatic carbocycles. The molecule has 1 unspecified atom stereocenters. The van der Waals surface area contributed by atoms with Gasteiger partial charge in [-0.2, -0.15) is 0 Å². The molecule has 16 heavy (non-hydrogen) atoms. The summed E-state index contributed by atoms with van der Waals surface area (Å²) in [5.41, 5.74) is 5.73. The van der Waals surface area contributed by atoms with Crippen LogP contribution in [-0.4, -0.2) is 13.1 Å². The average molecular weight is 287 g/mol. The van der Waals surface area contributed by atoms with Gasteiger partial charge >= 0.3 is 0 Å². The van der Waals surface area contributed by atoms with Crippen LogP contribution in [-0.2, 0) is 0 Å². The summed E-state index contributed by atoms with van der Waals surface area (Å²) in [5, 5.41) is 3.44. The molecule has 0 radical (unpaired) electrons. The highest BCUT2D eigenvalue weighted by molar-refractivity contribution is 9.10. The maximum Gasteiger partial charge on any atom is 0.169 e. The van der Waals surface area contributed by atoms with Gasteiger partial charge in [0, 0.05) is 6.54 Å². The Morgan fingerprint density at radius 1 is 1.50 bits per heavy atom. The Hall–Kier alpha value is -0.320. The van der Waals surface area contributed by atoms with Gasteiger partial charge in [0.1, 0.15) is 5.76 Å². The molecule has 0 spiro atoms. The van der Waals surface area contributed by atoms with E-state index >= 15 is 0 Å². The predicted octanol–water partition coefficient (Wildman–Crippen LogP) is 2.82. The summed E-state index contributed by atoms with van der Waals surface area (Å²) >= 11 is 3.30. The maximum absolute atomic E-state index is 5.73. The number of furan rings is 1. The molecule has 2 rings (SSSR count). The lowest BCUT2D eigenvalue weighted by Gasteiger charge is -2.14. The molecule has 0 amide bonds. The number of hydrogen-bond donors (Lipinski definition) is 2. The second-order valence-corrected chi connectivity index (χ2v) is 5.25. The van der Waals surface area contributed by atoms with Gasteiger partial charge in [0.2, 0.25) is 0 Å². The van der Waals surface area contributed by atoms with Crippen molar-refractivity contribution in [2.24, 2.45) is 11.7 Å². The number of nitrogens with two attached hydrogens (primary N) is 1. The van der Waals surface area contributed by atoms with E-state index in [0.29, 0.717) is 6.54 Å². The first-order valence-electron chi connectivity index (χ1n) is 5.98. The van der Waals surface area contributed by atoms with E-state index in [2.05, 4.69) is 21.2 Å². The van der Waals surface area contributed by atoms with Gasteiger partial charge in [0.05, 0.1) is 6.04 Å². The van der Waals surface area contributed by atoms with Crippen molar-refractivity contribution in [3.8, 4) is 0 Å². The molecule has 1 heterocycles. The van der Waals surface area contributed by atoms with Gasteiger partial charge in [-0.25, -0.2) is 0 Å². The molecule has 1 aromatic heterocycles. The monoisotopic (exact) mass is 286 g/mol. The first kappa shape index (κ1) is 12.1. The predicted molar refractivity (Wildman–Crippen MR) is 68.2 cm³/mol. The summed E-state index contributed by atoms with van der Waals surface area (Å²) < 4.78 is 6.27. The molecule has 1 fully saturated rings. The lowest BCUT2D eigenvalue weighted by molar-refractivity contribution is 0.401. The summed E-state index contributed by atoms with van der Waals surface area (Å²) in [7, 11) is 0. The first-order valence-corrected chi connectivity index (χ1v) is 6.77. The molecule has 0 bridgehead atoms. The molecule has 4 heteroatoms. The van der Waals surface area contributed by atoms with Crippen LogP contribution in [0, 0.1) is 5.92 Å². The van der Waals surface area contributed by atoms with E-state index < -0.39 is 0 Å². The van der Waals surface area contributed by atoms with Crippen molar-refractivity contribution in [1.29, 1.82) is 0 Å². The van der Waals surface area contributed by atoms with Crippen molar-refractivity contribution in [2.45, 2.75) is 31.7 Å². The van der Waals surface area contributed by atoms with Gasteiger partial charge in [-0.15, -0.1) is 0 Å². The molecule has 0 aliphatic heterocycles. The fourth-order valence-corrected chi connectivity index (χ4v) is 2.21. The quantitative estimate of drug-likeness (QED) is 0.758. The molecule has 1 atom stereocenters. The summed E-state index contributed by atoms with van der Waals surface area (Å²) in [6.07, 6.45) is 5.46. The van der Waals surface area contributed by atoms with Crippen molar-refractivity contribution in [1.82, 2.24) is 5.32 Å². The Balaban J connectivity index is 1.71. The Labute approximate surface area is 105 Å². The molecular weight excluding hydrogens is 268 g/mol. The van der Waals surface area contributed by atoms with Crippen LogP contribution >= 0.6 is 15.9 Å². The highest BCUT2D eigenvalue weighted by atomic mass is 79.9. The first-order chi connectivity index (χ1) is 7.79. The summed E-state index contributed by atoms with van der Waals surface area (Å²) in [4.78, 5) is 0. The van der Waals surface area contributed by atoms with Crippen molar-refractivity contribution in [2.75, 3.05) is 13.1 Å². The molecule has 1 aliphatic rings. The van der Waals surface area contributed by atoms with Crippen molar-refractivity contribution in [3.63, 3.8) is 0 Å². The normalized spacial score (nSPS) is 17.6. The van der Waals surface area contributed by atoms with E-state index in [4.69, 9.17) is 10.2 Å². The Morgan fingerprint density at radius 2 is 2.31 bits per heavy atom. The van der Waals surface area contributed by atoms with Gasteiger partial charge in [-0.05, 0) is 53.4 Å². The fraction of sp³-hybridized carbons (Fsp3) is 0.667. The highest BCUT2D eigenvalue weighted by Gasteiger charge is 2.20. The van der Waals surface area contributed by atoms with Gasteiger partial charge in [-0.3, -0.25) is 0 Å². The van der Waals surface area contributed by atoms with E-state index in [0.717, 1.165) is 22.9 Å². The number of nitrogens with one attached hydrogen (secondary N) is 1. The third kappa shape index (κ3) is 3.61. The number of hydrogen-bond acceptors (Lipinski definition) is 3. The van der Waals surface area contributed by atoms with E-state index in [-0.39, 0.29) is 6.04 Å². The summed E-state index contributed by atoms with van der Waals surface area (Å²) in [5.74, 6) is 1.93. The summed E-state index contributed by atoms with van der Waals surface area (Å²) in [6.45, 7) is 1.60. The zero-order valence-electron chi connectivity index (χ0n) is 9.42. The zero-order chi connectivity index (χ0) is 11.4. The van der Waals surface area contributed by atoms with Crippen LogP contribution in [0.15, 0.2) is 21.2 Å². The van der Waals surface area contributed by atoms with Gasteiger partial charge in [-0.1, -0.05) is 12.8 Å². The largest absolute Gasteiger partial charge is 0.453 e. The molecule has 1 aliphatic carbocycles. The van der Waals surface area contributed by atoms with E-state index in [9.17, 15) is 0 Å². The number of halogens is 1. The smallest absolute Gasteiger partial charge is 0.169 e. The highest BCUT2D eigenvalue weighted by Crippen LogP contribution is 2.33. The Bertz CT molecular complexity index is 323. The van der Waals surface area contributed by atoms with Crippen LogP contribution in [0.3, 0.4) is 0 Å². The molecular formula is C12H19BrN2O. The zero-order valence-corrected chi connectivity index (χ0v) is 11.0. The molecule has 1 saturated carbocycles. The van der Waals surface area contributed by atoms with E-state index in [1.54, 1.807) is 0 Å². The standard InChI is InChI=1S/C12H19BrN2O/c13-12-6-5-11(16-12)10(8-14)15-7-1-2-9-3-4-9/h5-6,9-10,15H,1-4,7-8,14H2. The third-order valence-corrected chi connectivity index (χ3v) is 3.48. The minimum Gasteiger partial charge on any atom is -0.453 e. The number of rotatable bonds is 7. The van der Waals surface area contributed by atoms with Crippen LogP contribution in [0.4, 0.5) is 0 Å². The van der Waals surface area contributed by atoms with Crippen LogP contribution in [0.2, 0.25) is 0 Å². The minimum absolute atomic E-state index is 0.144. The average Bonchev–Trinajstić information content (AvgIpc) is 3.01. The van der Waals surface area contributed by atoms with E-state index in [1.807, 2.05) is 12.1 Å². The van der Waals surface area contributed by atoms with Gasteiger partial charge in [0.15, 0.2) is 4.67 Å². The van der Waals surface area contributed by atoms with Gasteiger partial charge < -0.3 is 15.5 Å². The molecule has 3 nitrogen and oxygen atoms in total. The van der Waals surface area contributed by atoms with E-state index in [1.165, 1.54) is 25.7 Å². The lowest BCUT2D eigenvalue weighted by atomic mass is 10.2. The molecule has 1 aromatic rings. The maximum atomic E-state index is 5.73. The van der Waals surface area contributed by atoms with Crippen LogP contribution in [0.5, 0.6) is 0 Å². The van der Waals surface area contributed by atoms with Crippen molar-refractivity contribution in [3.05, 3.63) is 22.6 Å². The Morgan fingerprint density at radius 3 is 2.88 bits per heavy atom. The minimum atomic E-state index is 0.144. The summed E-state index contributed by atoms with van der Waals surface area (Å²) in [6, 6.07) is 4.02. The second-order valence-electron chi connectivity index (χ2n) is 4.47. The van der Waals surface area contributed by atoms with Crippen LogP contribution < -0.4 is 11.1 Å². The van der Waals surface area contributed by atoms with Gasteiger partial charge in [0.25, 0.3) is 0 Å². The van der Waals surface area contributed by atoms with Crippen LogP contribution in [0.1, 0.15) is 37.5 Å². The molecule has 3 N–H and O–H groups in total. The van der Waals surface area contributed by atoms with Crippen LogP contribution in [0.25, 0.3) is 0 Å². The molecule has 90 valence electrons. The lowest BCUT2D eigenvalue weighted by Crippen LogP contribution is -2.28. The SMILES string of the molecule is NCC(NCCCC1CC1)c1ccc(Br)o1. The fourth-order valence-electron chi connectivity index (χ4n) is 1.89.